The average Bonchev–Trinajstić information content (AvgIpc) is 3.28. The molecule has 172 valence electrons. The van der Waals surface area contributed by atoms with E-state index in [0.29, 0.717) is 37.5 Å². The topological polar surface area (TPSA) is 50.8 Å². The van der Waals surface area contributed by atoms with Crippen molar-refractivity contribution in [2.45, 2.75) is 64.6 Å². The van der Waals surface area contributed by atoms with E-state index >= 15 is 0 Å². The van der Waals surface area contributed by atoms with Gasteiger partial charge in [-0.05, 0) is 61.6 Å². The minimum absolute atomic E-state index is 0.0174. The molecule has 1 aliphatic heterocycles. The molecule has 2 aromatic carbocycles. The molecule has 0 atom stereocenters. The number of hydrogen-bond donors (Lipinski definition) is 1. The zero-order chi connectivity index (χ0) is 22.3. The summed E-state index contributed by atoms with van der Waals surface area (Å²) in [6.45, 7) is 8.01. The standard InChI is InChI=1S/C27H36N2O3/c1-20(2)29-12-13-31-14-15-32-26-11-10-23(27(30)28-25-8-3-4-9-25)18-24(26)17-21-6-5-7-22(16-21)19-29/h5-7,10-11,16,18,20,25H,3-4,8-9,12-15,17,19H2,1-2H3,(H,28,30). The number of benzene rings is 2. The highest BCUT2D eigenvalue weighted by molar-refractivity contribution is 5.94. The molecule has 0 aromatic heterocycles. The van der Waals surface area contributed by atoms with E-state index < -0.39 is 0 Å². The minimum atomic E-state index is 0.0174. The molecule has 1 aliphatic carbocycles. The molecule has 0 saturated heterocycles. The number of nitrogens with one attached hydrogen (secondary N) is 1. The lowest BCUT2D eigenvalue weighted by Gasteiger charge is -2.27. The average molecular weight is 437 g/mol. The molecule has 1 amide bonds. The van der Waals surface area contributed by atoms with Gasteiger partial charge < -0.3 is 14.8 Å². The molecule has 2 aromatic rings. The van der Waals surface area contributed by atoms with Crippen molar-refractivity contribution in [3.05, 3.63) is 64.7 Å². The monoisotopic (exact) mass is 436 g/mol. The third-order valence-electron chi connectivity index (χ3n) is 6.52. The second-order valence-corrected chi connectivity index (χ2v) is 9.30. The van der Waals surface area contributed by atoms with Crippen molar-refractivity contribution in [2.24, 2.45) is 0 Å². The first kappa shape index (κ1) is 22.8. The van der Waals surface area contributed by atoms with Crippen LogP contribution in [0.25, 0.3) is 0 Å². The van der Waals surface area contributed by atoms with Crippen LogP contribution in [0.2, 0.25) is 0 Å². The smallest absolute Gasteiger partial charge is 0.251 e. The first-order valence-electron chi connectivity index (χ1n) is 12.0. The molecule has 1 N–H and O–H groups in total. The number of hydrogen-bond acceptors (Lipinski definition) is 4. The van der Waals surface area contributed by atoms with Crippen LogP contribution in [0.1, 0.15) is 66.6 Å². The Kier molecular flexibility index (Phi) is 7.82. The number of nitrogens with zero attached hydrogens (tertiary/aromatic N) is 1. The van der Waals surface area contributed by atoms with E-state index in [1.165, 1.54) is 24.0 Å². The van der Waals surface area contributed by atoms with Gasteiger partial charge in [-0.15, -0.1) is 0 Å². The van der Waals surface area contributed by atoms with Gasteiger partial charge >= 0.3 is 0 Å². The predicted octanol–water partition coefficient (Wildman–Crippen LogP) is 4.57. The van der Waals surface area contributed by atoms with Crippen molar-refractivity contribution in [3.8, 4) is 5.75 Å². The summed E-state index contributed by atoms with van der Waals surface area (Å²) >= 11 is 0. The van der Waals surface area contributed by atoms with Crippen LogP contribution in [0.3, 0.4) is 0 Å². The summed E-state index contributed by atoms with van der Waals surface area (Å²) in [6, 6.07) is 15.3. The van der Waals surface area contributed by atoms with E-state index in [4.69, 9.17) is 9.47 Å². The molecule has 1 saturated carbocycles. The van der Waals surface area contributed by atoms with Crippen molar-refractivity contribution in [2.75, 3.05) is 26.4 Å². The summed E-state index contributed by atoms with van der Waals surface area (Å²) in [4.78, 5) is 15.3. The van der Waals surface area contributed by atoms with Crippen LogP contribution >= 0.6 is 0 Å². The molecular formula is C27H36N2O3. The number of rotatable bonds is 3. The van der Waals surface area contributed by atoms with Gasteiger partial charge in [0.25, 0.3) is 5.91 Å². The Morgan fingerprint density at radius 3 is 2.66 bits per heavy atom. The quantitative estimate of drug-likeness (QED) is 0.766. The van der Waals surface area contributed by atoms with E-state index in [2.05, 4.69) is 48.3 Å². The minimum Gasteiger partial charge on any atom is -0.491 e. The molecule has 2 bridgehead atoms. The lowest BCUT2D eigenvalue weighted by Crippen LogP contribution is -2.33. The van der Waals surface area contributed by atoms with Gasteiger partial charge in [0.2, 0.25) is 0 Å². The maximum absolute atomic E-state index is 12.8. The van der Waals surface area contributed by atoms with Gasteiger partial charge in [-0.25, -0.2) is 0 Å². The highest BCUT2D eigenvalue weighted by atomic mass is 16.5. The normalized spacial score (nSPS) is 18.6. The summed E-state index contributed by atoms with van der Waals surface area (Å²) in [5.41, 5.74) is 4.28. The van der Waals surface area contributed by atoms with Crippen molar-refractivity contribution < 1.29 is 14.3 Å². The maximum Gasteiger partial charge on any atom is 0.251 e. The van der Waals surface area contributed by atoms with E-state index in [0.717, 1.165) is 43.7 Å². The summed E-state index contributed by atoms with van der Waals surface area (Å²) in [5.74, 6) is 0.848. The van der Waals surface area contributed by atoms with Gasteiger partial charge in [0.05, 0.1) is 13.2 Å². The van der Waals surface area contributed by atoms with E-state index in [1.807, 2.05) is 18.2 Å². The Morgan fingerprint density at radius 1 is 1.03 bits per heavy atom. The summed E-state index contributed by atoms with van der Waals surface area (Å²) in [6.07, 6.45) is 5.31. The van der Waals surface area contributed by atoms with Crippen molar-refractivity contribution in [3.63, 3.8) is 0 Å². The number of carbonyl (C=O) groups is 1. The molecule has 0 spiro atoms. The van der Waals surface area contributed by atoms with Crippen molar-refractivity contribution in [1.29, 1.82) is 0 Å². The summed E-state index contributed by atoms with van der Waals surface area (Å²) in [7, 11) is 0. The van der Waals surface area contributed by atoms with E-state index in [-0.39, 0.29) is 5.91 Å². The molecule has 0 radical (unpaired) electrons. The number of carbonyl (C=O) groups excluding carboxylic acids is 1. The largest absolute Gasteiger partial charge is 0.491 e. The van der Waals surface area contributed by atoms with Gasteiger partial charge in [0.1, 0.15) is 12.4 Å². The number of ether oxygens (including phenoxy) is 2. The third-order valence-corrected chi connectivity index (χ3v) is 6.52. The molecule has 1 fully saturated rings. The zero-order valence-corrected chi connectivity index (χ0v) is 19.4. The third kappa shape index (κ3) is 6.11. The van der Waals surface area contributed by atoms with Crippen LogP contribution in [-0.4, -0.2) is 49.3 Å². The highest BCUT2D eigenvalue weighted by Gasteiger charge is 2.19. The highest BCUT2D eigenvalue weighted by Crippen LogP contribution is 2.25. The second-order valence-electron chi connectivity index (χ2n) is 9.30. The van der Waals surface area contributed by atoms with Crippen LogP contribution in [0.5, 0.6) is 5.75 Å². The molecule has 0 unspecified atom stereocenters. The molecule has 32 heavy (non-hydrogen) atoms. The lowest BCUT2D eigenvalue weighted by molar-refractivity contribution is 0.0695. The van der Waals surface area contributed by atoms with Crippen molar-refractivity contribution in [1.82, 2.24) is 10.2 Å². The lowest BCUT2D eigenvalue weighted by atomic mass is 9.99. The van der Waals surface area contributed by atoms with Crippen LogP contribution in [0, 0.1) is 0 Å². The van der Waals surface area contributed by atoms with Gasteiger partial charge in [-0.2, -0.15) is 0 Å². The van der Waals surface area contributed by atoms with Crippen LogP contribution in [0.15, 0.2) is 42.5 Å². The predicted molar refractivity (Wildman–Crippen MR) is 127 cm³/mol. The fourth-order valence-corrected chi connectivity index (χ4v) is 4.65. The SMILES string of the molecule is CC(C)N1CCOCCOc2ccc(C(=O)NC3CCCC3)cc2Cc2cccc(c2)C1. The molecule has 1 heterocycles. The summed E-state index contributed by atoms with van der Waals surface area (Å²) in [5, 5.41) is 3.20. The second kappa shape index (κ2) is 11.0. The Hall–Kier alpha value is -2.37. The van der Waals surface area contributed by atoms with Gasteiger partial charge in [0.15, 0.2) is 0 Å². The van der Waals surface area contributed by atoms with Gasteiger partial charge in [-0.3, -0.25) is 9.69 Å². The molecule has 2 aliphatic rings. The van der Waals surface area contributed by atoms with Gasteiger partial charge in [0, 0.05) is 37.2 Å². The summed E-state index contributed by atoms with van der Waals surface area (Å²) < 4.78 is 11.9. The maximum atomic E-state index is 12.8. The molecular weight excluding hydrogens is 400 g/mol. The number of amides is 1. The first-order valence-corrected chi connectivity index (χ1v) is 12.0. The fraction of sp³-hybridized carbons (Fsp3) is 0.519. The molecule has 5 heteroatoms. The number of fused-ring (bicyclic) bond motifs is 3. The zero-order valence-electron chi connectivity index (χ0n) is 19.4. The van der Waals surface area contributed by atoms with E-state index in [9.17, 15) is 4.79 Å². The molecule has 5 nitrogen and oxygen atoms in total. The Labute approximate surface area is 192 Å². The molecule has 4 rings (SSSR count). The Morgan fingerprint density at radius 2 is 1.84 bits per heavy atom. The fourth-order valence-electron chi connectivity index (χ4n) is 4.65. The Balaban J connectivity index is 1.58. The first-order chi connectivity index (χ1) is 15.6. The van der Waals surface area contributed by atoms with Crippen LogP contribution in [0.4, 0.5) is 0 Å². The Bertz CT molecular complexity index is 906. The van der Waals surface area contributed by atoms with Crippen LogP contribution in [-0.2, 0) is 17.7 Å². The van der Waals surface area contributed by atoms with Gasteiger partial charge in [-0.1, -0.05) is 37.1 Å². The van der Waals surface area contributed by atoms with Crippen LogP contribution < -0.4 is 10.1 Å². The van der Waals surface area contributed by atoms with E-state index in [1.54, 1.807) is 0 Å². The van der Waals surface area contributed by atoms with Crippen molar-refractivity contribution >= 4 is 5.91 Å².